The van der Waals surface area contributed by atoms with Crippen LogP contribution in [0.3, 0.4) is 0 Å². The van der Waals surface area contributed by atoms with E-state index in [0.29, 0.717) is 23.9 Å². The highest BCUT2D eigenvalue weighted by molar-refractivity contribution is 5.76. The minimum absolute atomic E-state index is 0.385. The van der Waals surface area contributed by atoms with Gasteiger partial charge >= 0.3 is 0 Å². The molecule has 1 aliphatic heterocycles. The summed E-state index contributed by atoms with van der Waals surface area (Å²) in [6.45, 7) is 3.17. The maximum Gasteiger partial charge on any atom is 0.223 e. The Bertz CT molecular complexity index is 259. The number of nitrogens with zero attached hydrogens (tertiary/aromatic N) is 1. The summed E-state index contributed by atoms with van der Waals surface area (Å²) in [5.41, 5.74) is 5.90. The van der Waals surface area contributed by atoms with Crippen LogP contribution in [0, 0.1) is 5.92 Å². The molecule has 1 unspecified atom stereocenters. The Labute approximate surface area is 105 Å². The van der Waals surface area contributed by atoms with Crippen LogP contribution in [0.25, 0.3) is 0 Å². The van der Waals surface area contributed by atoms with E-state index in [9.17, 15) is 4.79 Å². The van der Waals surface area contributed by atoms with Crippen molar-refractivity contribution in [2.24, 2.45) is 11.7 Å². The summed E-state index contributed by atoms with van der Waals surface area (Å²) in [6.07, 6.45) is 8.92. The van der Waals surface area contributed by atoms with Crippen molar-refractivity contribution in [3.05, 3.63) is 0 Å². The summed E-state index contributed by atoms with van der Waals surface area (Å²) in [5.74, 6) is 0.981. The molecule has 0 spiro atoms. The van der Waals surface area contributed by atoms with E-state index in [0.717, 1.165) is 38.6 Å². The van der Waals surface area contributed by atoms with Gasteiger partial charge in [0.2, 0.25) is 5.91 Å². The number of amides is 1. The van der Waals surface area contributed by atoms with Gasteiger partial charge in [-0.25, -0.2) is 0 Å². The second kappa shape index (κ2) is 5.85. The first-order valence-corrected chi connectivity index (χ1v) is 7.22. The minimum Gasteiger partial charge on any atom is -0.340 e. The summed E-state index contributed by atoms with van der Waals surface area (Å²) in [6, 6.07) is 0.845. The lowest BCUT2D eigenvalue weighted by atomic mass is 9.84. The van der Waals surface area contributed by atoms with Gasteiger partial charge in [0.05, 0.1) is 0 Å². The second-order valence-corrected chi connectivity index (χ2v) is 5.92. The summed E-state index contributed by atoms with van der Waals surface area (Å²) < 4.78 is 0. The Hall–Kier alpha value is -0.570. The number of nitrogens with two attached hydrogens (primary N) is 1. The fourth-order valence-corrected chi connectivity index (χ4v) is 3.23. The van der Waals surface area contributed by atoms with E-state index in [1.54, 1.807) is 0 Å². The summed E-state index contributed by atoms with van der Waals surface area (Å²) >= 11 is 0. The molecule has 3 heteroatoms. The van der Waals surface area contributed by atoms with Gasteiger partial charge in [0, 0.05) is 25.0 Å². The highest BCUT2D eigenvalue weighted by atomic mass is 16.2. The molecule has 0 aromatic heterocycles. The van der Waals surface area contributed by atoms with Crippen molar-refractivity contribution in [2.45, 2.75) is 70.4 Å². The molecular weight excluding hydrogens is 212 g/mol. The Kier molecular flexibility index (Phi) is 4.43. The zero-order valence-electron chi connectivity index (χ0n) is 11.0. The first-order valence-electron chi connectivity index (χ1n) is 7.22. The summed E-state index contributed by atoms with van der Waals surface area (Å²) in [5, 5.41) is 0. The molecule has 1 aliphatic carbocycles. The third kappa shape index (κ3) is 3.44. The van der Waals surface area contributed by atoms with Gasteiger partial charge in [0.15, 0.2) is 0 Å². The number of likely N-dealkylation sites (tertiary alicyclic amines) is 1. The van der Waals surface area contributed by atoms with Crippen molar-refractivity contribution in [2.75, 3.05) is 6.54 Å². The van der Waals surface area contributed by atoms with Gasteiger partial charge in [-0.1, -0.05) is 0 Å². The van der Waals surface area contributed by atoms with E-state index in [-0.39, 0.29) is 0 Å². The lowest BCUT2D eigenvalue weighted by Gasteiger charge is -2.35. The highest BCUT2D eigenvalue weighted by Gasteiger charge is 2.27. The van der Waals surface area contributed by atoms with Crippen LogP contribution in [0.2, 0.25) is 0 Å². The normalized spacial score (nSPS) is 34.7. The van der Waals surface area contributed by atoms with Gasteiger partial charge in [-0.15, -0.1) is 0 Å². The molecule has 3 nitrogen and oxygen atoms in total. The number of hydrogen-bond donors (Lipinski definition) is 1. The monoisotopic (exact) mass is 238 g/mol. The van der Waals surface area contributed by atoms with E-state index in [4.69, 9.17) is 5.73 Å². The van der Waals surface area contributed by atoms with Crippen molar-refractivity contribution in [3.8, 4) is 0 Å². The van der Waals surface area contributed by atoms with Crippen LogP contribution in [-0.4, -0.2) is 29.4 Å². The Morgan fingerprint density at radius 2 is 1.88 bits per heavy atom. The van der Waals surface area contributed by atoms with E-state index in [1.165, 1.54) is 19.3 Å². The van der Waals surface area contributed by atoms with Crippen LogP contribution in [0.1, 0.15) is 58.3 Å². The molecule has 1 amide bonds. The van der Waals surface area contributed by atoms with E-state index >= 15 is 0 Å². The van der Waals surface area contributed by atoms with Gasteiger partial charge in [-0.2, -0.15) is 0 Å². The zero-order valence-corrected chi connectivity index (χ0v) is 11.0. The Morgan fingerprint density at radius 3 is 2.53 bits per heavy atom. The van der Waals surface area contributed by atoms with E-state index in [1.807, 2.05) is 0 Å². The molecule has 2 fully saturated rings. The minimum atomic E-state index is 0.385. The predicted octanol–water partition coefficient (Wildman–Crippen LogP) is 2.29. The quantitative estimate of drug-likeness (QED) is 0.802. The number of rotatable bonds is 2. The summed E-state index contributed by atoms with van der Waals surface area (Å²) in [7, 11) is 0. The molecule has 2 rings (SSSR count). The van der Waals surface area contributed by atoms with Gasteiger partial charge in [-0.05, 0) is 57.8 Å². The van der Waals surface area contributed by atoms with Gasteiger partial charge < -0.3 is 10.6 Å². The molecule has 2 N–H and O–H groups in total. The Morgan fingerprint density at radius 1 is 1.18 bits per heavy atom. The number of carbonyl (C=O) groups is 1. The average molecular weight is 238 g/mol. The number of carbonyl (C=O) groups excluding carboxylic acids is 1. The number of hydrogen-bond acceptors (Lipinski definition) is 2. The predicted molar refractivity (Wildman–Crippen MR) is 69.6 cm³/mol. The van der Waals surface area contributed by atoms with Gasteiger partial charge in [-0.3, -0.25) is 4.79 Å². The van der Waals surface area contributed by atoms with Crippen molar-refractivity contribution in [3.63, 3.8) is 0 Å². The van der Waals surface area contributed by atoms with Crippen molar-refractivity contribution >= 4 is 5.91 Å². The lowest BCUT2D eigenvalue weighted by molar-refractivity contribution is -0.135. The standard InChI is InChI=1S/C14H26N2O/c1-11-4-2-3-9-16(11)14(17)10-12-5-7-13(15)8-6-12/h11-13H,2-10,15H2,1H3. The summed E-state index contributed by atoms with van der Waals surface area (Å²) in [4.78, 5) is 14.4. The third-order valence-corrected chi connectivity index (χ3v) is 4.48. The van der Waals surface area contributed by atoms with Crippen LogP contribution < -0.4 is 5.73 Å². The topological polar surface area (TPSA) is 46.3 Å². The van der Waals surface area contributed by atoms with Crippen LogP contribution in [-0.2, 0) is 4.79 Å². The zero-order chi connectivity index (χ0) is 12.3. The Balaban J connectivity index is 1.79. The molecule has 17 heavy (non-hydrogen) atoms. The molecular formula is C14H26N2O. The third-order valence-electron chi connectivity index (χ3n) is 4.48. The van der Waals surface area contributed by atoms with E-state index in [2.05, 4.69) is 11.8 Å². The number of piperidine rings is 1. The fourth-order valence-electron chi connectivity index (χ4n) is 3.23. The largest absolute Gasteiger partial charge is 0.340 e. The lowest BCUT2D eigenvalue weighted by Crippen LogP contribution is -2.43. The van der Waals surface area contributed by atoms with Crippen molar-refractivity contribution in [1.82, 2.24) is 4.90 Å². The smallest absolute Gasteiger partial charge is 0.223 e. The SMILES string of the molecule is CC1CCCCN1C(=O)CC1CCC(N)CC1. The van der Waals surface area contributed by atoms with Crippen LogP contribution in [0.4, 0.5) is 0 Å². The van der Waals surface area contributed by atoms with Crippen LogP contribution in [0.15, 0.2) is 0 Å². The maximum atomic E-state index is 12.3. The van der Waals surface area contributed by atoms with Crippen LogP contribution in [0.5, 0.6) is 0 Å². The van der Waals surface area contributed by atoms with Gasteiger partial charge in [0.25, 0.3) is 0 Å². The van der Waals surface area contributed by atoms with Gasteiger partial charge in [0.1, 0.15) is 0 Å². The molecule has 0 bridgehead atoms. The molecule has 1 saturated heterocycles. The highest BCUT2D eigenvalue weighted by Crippen LogP contribution is 2.27. The molecule has 1 heterocycles. The average Bonchev–Trinajstić information content (AvgIpc) is 2.32. The molecule has 0 aromatic rings. The molecule has 98 valence electrons. The van der Waals surface area contributed by atoms with Crippen molar-refractivity contribution < 1.29 is 4.79 Å². The fraction of sp³-hybridized carbons (Fsp3) is 0.929. The first kappa shape index (κ1) is 12.9. The van der Waals surface area contributed by atoms with E-state index < -0.39 is 0 Å². The molecule has 0 radical (unpaired) electrons. The first-order chi connectivity index (χ1) is 8.16. The molecule has 0 aromatic carbocycles. The maximum absolute atomic E-state index is 12.3. The molecule has 1 atom stereocenters. The van der Waals surface area contributed by atoms with Crippen molar-refractivity contribution in [1.29, 1.82) is 0 Å². The molecule has 1 saturated carbocycles. The molecule has 2 aliphatic rings. The van der Waals surface area contributed by atoms with Crippen LogP contribution >= 0.6 is 0 Å². The second-order valence-electron chi connectivity index (χ2n) is 5.92.